The van der Waals surface area contributed by atoms with Crippen LogP contribution in [0.5, 0.6) is 0 Å². The molecular weight excluding hydrogens is 184 g/mol. The van der Waals surface area contributed by atoms with Crippen LogP contribution in [-0.4, -0.2) is 11.2 Å². The fraction of sp³-hybridized carbons (Fsp3) is 1.00. The summed E-state index contributed by atoms with van der Waals surface area (Å²) in [6.07, 6.45) is 10.2. The Kier molecular flexibility index (Phi) is 8.13. The molecular formula is C14H30O. The Morgan fingerprint density at radius 2 is 1.53 bits per heavy atom. The van der Waals surface area contributed by atoms with Crippen LogP contribution in [-0.2, 0) is 0 Å². The number of rotatable bonds is 9. The van der Waals surface area contributed by atoms with E-state index in [1.54, 1.807) is 0 Å². The van der Waals surface area contributed by atoms with Gasteiger partial charge in [0.2, 0.25) is 0 Å². The Bertz CT molecular complexity index is 138. The quantitative estimate of drug-likeness (QED) is 0.559. The highest BCUT2D eigenvalue weighted by molar-refractivity contribution is 4.71. The van der Waals surface area contributed by atoms with Crippen molar-refractivity contribution in [3.05, 3.63) is 0 Å². The first-order chi connectivity index (χ1) is 6.98. The molecule has 0 bridgehead atoms. The highest BCUT2D eigenvalue weighted by Gasteiger charge is 2.19. The molecule has 1 N–H and O–H groups in total. The molecule has 0 amide bonds. The second kappa shape index (κ2) is 8.15. The molecule has 0 aliphatic heterocycles. The van der Waals surface area contributed by atoms with E-state index in [-0.39, 0.29) is 6.10 Å². The van der Waals surface area contributed by atoms with Gasteiger partial charge < -0.3 is 5.11 Å². The summed E-state index contributed by atoms with van der Waals surface area (Å²) in [6.45, 7) is 8.69. The summed E-state index contributed by atoms with van der Waals surface area (Å²) in [5.74, 6) is 0. The molecule has 0 saturated carbocycles. The minimum atomic E-state index is -0.153. The van der Waals surface area contributed by atoms with E-state index in [2.05, 4.69) is 20.8 Å². The maximum Gasteiger partial charge on any atom is 0.0517 e. The predicted molar refractivity (Wildman–Crippen MR) is 68.1 cm³/mol. The number of aliphatic hydroxyl groups is 1. The summed E-state index contributed by atoms with van der Waals surface area (Å²) in [4.78, 5) is 0. The zero-order chi connectivity index (χ0) is 11.7. The average molecular weight is 214 g/mol. The van der Waals surface area contributed by atoms with Gasteiger partial charge in [0, 0.05) is 0 Å². The third-order valence-corrected chi connectivity index (χ3v) is 3.06. The molecule has 0 radical (unpaired) electrons. The molecule has 0 fully saturated rings. The zero-order valence-corrected chi connectivity index (χ0v) is 11.2. The normalized spacial score (nSPS) is 14.2. The summed E-state index contributed by atoms with van der Waals surface area (Å²) in [5, 5.41) is 9.36. The second-order valence-electron chi connectivity index (χ2n) is 5.74. The van der Waals surface area contributed by atoms with Crippen molar-refractivity contribution in [3.8, 4) is 0 Å². The van der Waals surface area contributed by atoms with Gasteiger partial charge in [0.05, 0.1) is 6.10 Å². The molecule has 1 heteroatoms. The Hall–Kier alpha value is -0.0400. The fourth-order valence-corrected chi connectivity index (χ4v) is 2.29. The van der Waals surface area contributed by atoms with Crippen LogP contribution >= 0.6 is 0 Å². The third-order valence-electron chi connectivity index (χ3n) is 3.06. The van der Waals surface area contributed by atoms with E-state index in [9.17, 15) is 5.11 Å². The van der Waals surface area contributed by atoms with Crippen molar-refractivity contribution in [2.75, 3.05) is 0 Å². The molecule has 1 nitrogen and oxygen atoms in total. The van der Waals surface area contributed by atoms with E-state index in [0.29, 0.717) is 5.41 Å². The minimum absolute atomic E-state index is 0.153. The van der Waals surface area contributed by atoms with Crippen LogP contribution in [0.1, 0.15) is 79.1 Å². The molecule has 0 spiro atoms. The molecule has 0 aromatic rings. The van der Waals surface area contributed by atoms with Crippen LogP contribution in [0.2, 0.25) is 0 Å². The molecule has 0 rings (SSSR count). The van der Waals surface area contributed by atoms with Gasteiger partial charge in [-0.3, -0.25) is 0 Å². The Labute approximate surface area is 96.3 Å². The van der Waals surface area contributed by atoms with Crippen molar-refractivity contribution in [2.45, 2.75) is 85.2 Å². The molecule has 15 heavy (non-hydrogen) atoms. The molecule has 1 unspecified atom stereocenters. The largest absolute Gasteiger partial charge is 0.393 e. The number of hydrogen-bond acceptors (Lipinski definition) is 1. The van der Waals surface area contributed by atoms with E-state index in [1.807, 2.05) is 6.92 Å². The Morgan fingerprint density at radius 3 is 2.07 bits per heavy atom. The fourth-order valence-electron chi connectivity index (χ4n) is 2.29. The maximum atomic E-state index is 9.36. The summed E-state index contributed by atoms with van der Waals surface area (Å²) < 4.78 is 0. The van der Waals surface area contributed by atoms with Crippen molar-refractivity contribution >= 4 is 0 Å². The summed E-state index contributed by atoms with van der Waals surface area (Å²) >= 11 is 0. The first kappa shape index (κ1) is 15.0. The molecule has 0 heterocycles. The van der Waals surface area contributed by atoms with Gasteiger partial charge in [-0.15, -0.1) is 0 Å². The van der Waals surface area contributed by atoms with E-state index >= 15 is 0 Å². The highest BCUT2D eigenvalue weighted by atomic mass is 16.3. The second-order valence-corrected chi connectivity index (χ2v) is 5.74. The molecule has 0 aliphatic rings. The smallest absolute Gasteiger partial charge is 0.0517 e. The van der Waals surface area contributed by atoms with Gasteiger partial charge in [-0.2, -0.15) is 0 Å². The summed E-state index contributed by atoms with van der Waals surface area (Å²) in [6, 6.07) is 0. The van der Waals surface area contributed by atoms with E-state index in [0.717, 1.165) is 6.42 Å². The monoisotopic (exact) mass is 214 g/mol. The Balaban J connectivity index is 3.40. The number of hydrogen-bond donors (Lipinski definition) is 1. The maximum absolute atomic E-state index is 9.36. The topological polar surface area (TPSA) is 20.2 Å². The standard InChI is InChI=1S/C14H30O/c1-5-6-7-8-9-10-11-14(3,4)12-13(2)15/h13,15H,5-12H2,1-4H3. The van der Waals surface area contributed by atoms with Crippen molar-refractivity contribution in [1.29, 1.82) is 0 Å². The van der Waals surface area contributed by atoms with E-state index < -0.39 is 0 Å². The summed E-state index contributed by atoms with van der Waals surface area (Å²) in [7, 11) is 0. The molecule has 0 aromatic carbocycles. The zero-order valence-electron chi connectivity index (χ0n) is 11.2. The van der Waals surface area contributed by atoms with Gasteiger partial charge in [-0.05, 0) is 25.2 Å². The third kappa shape index (κ3) is 10.2. The van der Waals surface area contributed by atoms with Gasteiger partial charge in [0.1, 0.15) is 0 Å². The van der Waals surface area contributed by atoms with Crippen LogP contribution < -0.4 is 0 Å². The lowest BCUT2D eigenvalue weighted by Gasteiger charge is -2.26. The molecule has 0 aromatic heterocycles. The van der Waals surface area contributed by atoms with E-state index in [1.165, 1.54) is 44.9 Å². The molecule has 0 saturated heterocycles. The van der Waals surface area contributed by atoms with Crippen molar-refractivity contribution in [1.82, 2.24) is 0 Å². The van der Waals surface area contributed by atoms with Crippen LogP contribution in [0, 0.1) is 5.41 Å². The van der Waals surface area contributed by atoms with Crippen LogP contribution in [0.3, 0.4) is 0 Å². The highest BCUT2D eigenvalue weighted by Crippen LogP contribution is 2.29. The predicted octanol–water partition coefficient (Wildman–Crippen LogP) is 4.53. The first-order valence-electron chi connectivity index (χ1n) is 6.66. The lowest BCUT2D eigenvalue weighted by Crippen LogP contribution is -2.18. The molecule has 92 valence electrons. The lowest BCUT2D eigenvalue weighted by atomic mass is 9.82. The molecule has 0 aliphatic carbocycles. The van der Waals surface area contributed by atoms with Crippen molar-refractivity contribution < 1.29 is 5.11 Å². The summed E-state index contributed by atoms with van der Waals surface area (Å²) in [5.41, 5.74) is 0.318. The average Bonchev–Trinajstić information content (AvgIpc) is 2.08. The van der Waals surface area contributed by atoms with Gasteiger partial charge in [0.25, 0.3) is 0 Å². The SMILES string of the molecule is CCCCCCCCC(C)(C)CC(C)O. The lowest BCUT2D eigenvalue weighted by molar-refractivity contribution is 0.123. The van der Waals surface area contributed by atoms with Gasteiger partial charge in [-0.25, -0.2) is 0 Å². The number of aliphatic hydroxyl groups excluding tert-OH is 1. The van der Waals surface area contributed by atoms with Gasteiger partial charge >= 0.3 is 0 Å². The van der Waals surface area contributed by atoms with Gasteiger partial charge in [0.15, 0.2) is 0 Å². The molecule has 1 atom stereocenters. The van der Waals surface area contributed by atoms with Gasteiger partial charge in [-0.1, -0.05) is 59.3 Å². The van der Waals surface area contributed by atoms with Crippen molar-refractivity contribution in [2.24, 2.45) is 5.41 Å². The first-order valence-corrected chi connectivity index (χ1v) is 6.66. The number of unbranched alkanes of at least 4 members (excludes halogenated alkanes) is 5. The van der Waals surface area contributed by atoms with Crippen LogP contribution in [0.15, 0.2) is 0 Å². The van der Waals surface area contributed by atoms with Crippen molar-refractivity contribution in [3.63, 3.8) is 0 Å². The minimum Gasteiger partial charge on any atom is -0.393 e. The van der Waals surface area contributed by atoms with Crippen LogP contribution in [0.4, 0.5) is 0 Å². The Morgan fingerprint density at radius 1 is 1.00 bits per heavy atom. The van der Waals surface area contributed by atoms with Crippen LogP contribution in [0.25, 0.3) is 0 Å². The van der Waals surface area contributed by atoms with E-state index in [4.69, 9.17) is 0 Å².